The summed E-state index contributed by atoms with van der Waals surface area (Å²) in [7, 11) is 0. The second kappa shape index (κ2) is 10.3. The monoisotopic (exact) mass is 381 g/mol. The molecule has 1 unspecified atom stereocenters. The Labute approximate surface area is 167 Å². The first-order valence-corrected chi connectivity index (χ1v) is 10.2. The van der Waals surface area contributed by atoms with E-state index >= 15 is 0 Å². The lowest BCUT2D eigenvalue weighted by Crippen LogP contribution is -2.45. The predicted octanol–water partition coefficient (Wildman–Crippen LogP) is 2.66. The molecule has 28 heavy (non-hydrogen) atoms. The van der Waals surface area contributed by atoms with E-state index in [1.165, 1.54) is 0 Å². The number of likely N-dealkylation sites (tertiary alicyclic amines) is 1. The number of aromatic nitrogens is 2. The summed E-state index contributed by atoms with van der Waals surface area (Å²) < 4.78 is 0. The van der Waals surface area contributed by atoms with Crippen LogP contribution in [-0.4, -0.2) is 51.9 Å². The van der Waals surface area contributed by atoms with Crippen LogP contribution in [0.3, 0.4) is 0 Å². The maximum atomic E-state index is 10.3. The van der Waals surface area contributed by atoms with Crippen molar-refractivity contribution in [3.63, 3.8) is 0 Å². The fraction of sp³-hybridized carbons (Fsp3) is 0.455. The Bertz CT molecular complexity index is 811. The standard InChI is InChI=1S/C22H31N5O/c1-2-3-4-9-22(28)27-12-10-18(11-13-27)24-15-17(14-23)21-16-25-19-7-5-6-8-20(19)26-21/h3-8,15-16,18,22,24,28H,2,9-14,23H2,1H3/b4-3-,17-15+. The minimum Gasteiger partial charge on any atom is -0.388 e. The highest BCUT2D eigenvalue weighted by Crippen LogP contribution is 2.17. The maximum Gasteiger partial charge on any atom is 0.110 e. The molecule has 1 aromatic carbocycles. The molecule has 2 heterocycles. The molecule has 0 amide bonds. The van der Waals surface area contributed by atoms with Gasteiger partial charge in [-0.05, 0) is 31.4 Å². The number of aliphatic hydroxyl groups excluding tert-OH is 1. The van der Waals surface area contributed by atoms with Crippen molar-refractivity contribution in [3.8, 4) is 0 Å². The van der Waals surface area contributed by atoms with Gasteiger partial charge in [0.25, 0.3) is 0 Å². The molecule has 3 rings (SSSR count). The van der Waals surface area contributed by atoms with Crippen LogP contribution in [0.2, 0.25) is 0 Å². The van der Waals surface area contributed by atoms with E-state index in [0.717, 1.165) is 54.7 Å². The molecular weight excluding hydrogens is 350 g/mol. The number of rotatable bonds is 8. The number of allylic oxidation sites excluding steroid dienone is 1. The van der Waals surface area contributed by atoms with Crippen molar-refractivity contribution in [1.29, 1.82) is 0 Å². The highest BCUT2D eigenvalue weighted by molar-refractivity contribution is 5.76. The zero-order valence-corrected chi connectivity index (χ0v) is 16.6. The molecule has 0 saturated carbocycles. The summed E-state index contributed by atoms with van der Waals surface area (Å²) >= 11 is 0. The van der Waals surface area contributed by atoms with Gasteiger partial charge in [-0.15, -0.1) is 0 Å². The Balaban J connectivity index is 1.56. The van der Waals surface area contributed by atoms with Crippen molar-refractivity contribution < 1.29 is 5.11 Å². The lowest BCUT2D eigenvalue weighted by molar-refractivity contribution is -0.00941. The summed E-state index contributed by atoms with van der Waals surface area (Å²) in [5.74, 6) is 0. The molecule has 1 fully saturated rings. The predicted molar refractivity (Wildman–Crippen MR) is 114 cm³/mol. The van der Waals surface area contributed by atoms with Crippen molar-refractivity contribution in [1.82, 2.24) is 20.2 Å². The summed E-state index contributed by atoms with van der Waals surface area (Å²) in [5.41, 5.74) is 9.48. The van der Waals surface area contributed by atoms with Gasteiger partial charge in [0.05, 0.1) is 22.9 Å². The average Bonchev–Trinajstić information content (AvgIpc) is 2.74. The summed E-state index contributed by atoms with van der Waals surface area (Å²) in [6.45, 7) is 4.29. The van der Waals surface area contributed by atoms with Gasteiger partial charge in [-0.1, -0.05) is 31.2 Å². The van der Waals surface area contributed by atoms with Crippen LogP contribution in [0.15, 0.2) is 48.8 Å². The molecule has 0 aliphatic carbocycles. The van der Waals surface area contributed by atoms with Crippen LogP contribution in [0.25, 0.3) is 16.6 Å². The number of para-hydroxylation sites is 2. The molecule has 150 valence electrons. The highest BCUT2D eigenvalue weighted by atomic mass is 16.3. The van der Waals surface area contributed by atoms with Gasteiger partial charge in [0.15, 0.2) is 0 Å². The molecule has 1 aliphatic heterocycles. The van der Waals surface area contributed by atoms with Crippen LogP contribution in [-0.2, 0) is 0 Å². The number of benzene rings is 1. The third-order valence-electron chi connectivity index (χ3n) is 5.19. The molecular formula is C22H31N5O. The van der Waals surface area contributed by atoms with Crippen LogP contribution in [0, 0.1) is 0 Å². The number of nitrogens with zero attached hydrogens (tertiary/aromatic N) is 3. The van der Waals surface area contributed by atoms with E-state index in [9.17, 15) is 5.11 Å². The Kier molecular flexibility index (Phi) is 7.54. The van der Waals surface area contributed by atoms with E-state index in [2.05, 4.69) is 39.3 Å². The van der Waals surface area contributed by atoms with Crippen molar-refractivity contribution >= 4 is 16.6 Å². The molecule has 1 aliphatic rings. The quantitative estimate of drug-likeness (QED) is 0.610. The van der Waals surface area contributed by atoms with Crippen LogP contribution in [0.4, 0.5) is 0 Å². The van der Waals surface area contributed by atoms with Gasteiger partial charge in [-0.3, -0.25) is 9.88 Å². The van der Waals surface area contributed by atoms with E-state index < -0.39 is 0 Å². The second-order valence-electron chi connectivity index (χ2n) is 7.19. The molecule has 0 radical (unpaired) electrons. The number of hydrogen-bond donors (Lipinski definition) is 3. The van der Waals surface area contributed by atoms with Crippen molar-refractivity contribution in [2.24, 2.45) is 5.73 Å². The molecule has 0 bridgehead atoms. The van der Waals surface area contributed by atoms with E-state index in [0.29, 0.717) is 19.0 Å². The first kappa shape index (κ1) is 20.5. The zero-order chi connectivity index (χ0) is 19.8. The topological polar surface area (TPSA) is 87.3 Å². The Morgan fingerprint density at radius 1 is 1.29 bits per heavy atom. The van der Waals surface area contributed by atoms with Crippen molar-refractivity contribution in [2.45, 2.75) is 44.9 Å². The van der Waals surface area contributed by atoms with Crippen LogP contribution >= 0.6 is 0 Å². The van der Waals surface area contributed by atoms with E-state index in [4.69, 9.17) is 5.73 Å². The normalized spacial score (nSPS) is 18.0. The fourth-order valence-electron chi connectivity index (χ4n) is 3.47. The number of hydrogen-bond acceptors (Lipinski definition) is 6. The number of nitrogens with two attached hydrogens (primary N) is 1. The summed E-state index contributed by atoms with van der Waals surface area (Å²) in [6, 6.07) is 8.22. The number of nitrogens with one attached hydrogen (secondary N) is 1. The largest absolute Gasteiger partial charge is 0.388 e. The zero-order valence-electron chi connectivity index (χ0n) is 16.6. The van der Waals surface area contributed by atoms with Gasteiger partial charge in [-0.25, -0.2) is 4.98 Å². The van der Waals surface area contributed by atoms with Crippen molar-refractivity contribution in [3.05, 3.63) is 54.5 Å². The minimum atomic E-state index is -0.383. The Hall–Kier alpha value is -2.28. The molecule has 1 saturated heterocycles. The lowest BCUT2D eigenvalue weighted by atomic mass is 10.0. The van der Waals surface area contributed by atoms with Crippen LogP contribution < -0.4 is 11.1 Å². The number of fused-ring (bicyclic) bond motifs is 1. The van der Waals surface area contributed by atoms with Crippen LogP contribution in [0.1, 0.15) is 38.3 Å². The Morgan fingerprint density at radius 2 is 2.04 bits per heavy atom. The van der Waals surface area contributed by atoms with Crippen LogP contribution in [0.5, 0.6) is 0 Å². The summed E-state index contributed by atoms with van der Waals surface area (Å²) in [5, 5.41) is 13.8. The summed E-state index contributed by atoms with van der Waals surface area (Å²) in [4.78, 5) is 11.3. The number of aliphatic hydroxyl groups is 1. The van der Waals surface area contributed by atoms with Crippen molar-refractivity contribution in [2.75, 3.05) is 19.6 Å². The van der Waals surface area contributed by atoms with E-state index in [1.54, 1.807) is 6.20 Å². The fourth-order valence-corrected chi connectivity index (χ4v) is 3.47. The molecule has 1 aromatic heterocycles. The third kappa shape index (κ3) is 5.38. The van der Waals surface area contributed by atoms with Gasteiger partial charge in [0.2, 0.25) is 0 Å². The molecule has 4 N–H and O–H groups in total. The summed E-state index contributed by atoms with van der Waals surface area (Å²) in [6.07, 6.45) is 11.2. The van der Waals surface area contributed by atoms with E-state index in [-0.39, 0.29) is 6.23 Å². The molecule has 6 heteroatoms. The molecule has 0 spiro atoms. The third-order valence-corrected chi connectivity index (χ3v) is 5.19. The second-order valence-corrected chi connectivity index (χ2v) is 7.19. The SMILES string of the molecule is CC/C=C\CC(O)N1CCC(N/C=C(\CN)c2cnc3ccccc3n2)CC1. The highest BCUT2D eigenvalue weighted by Gasteiger charge is 2.22. The molecule has 2 aromatic rings. The van der Waals surface area contributed by atoms with E-state index in [1.807, 2.05) is 30.5 Å². The smallest absolute Gasteiger partial charge is 0.110 e. The van der Waals surface area contributed by atoms with Gasteiger partial charge < -0.3 is 16.2 Å². The maximum absolute atomic E-state index is 10.3. The average molecular weight is 382 g/mol. The molecule has 6 nitrogen and oxygen atoms in total. The first-order valence-electron chi connectivity index (χ1n) is 10.2. The Morgan fingerprint density at radius 3 is 2.75 bits per heavy atom. The van der Waals surface area contributed by atoms with Gasteiger partial charge in [-0.2, -0.15) is 0 Å². The number of piperidine rings is 1. The lowest BCUT2D eigenvalue weighted by Gasteiger charge is -2.35. The first-order chi connectivity index (χ1) is 13.7. The van der Waals surface area contributed by atoms with Gasteiger partial charge >= 0.3 is 0 Å². The molecule has 1 atom stereocenters. The van der Waals surface area contributed by atoms with Gasteiger partial charge in [0, 0.05) is 43.9 Å². The van der Waals surface area contributed by atoms with Gasteiger partial charge in [0.1, 0.15) is 6.23 Å². The minimum absolute atomic E-state index is 0.379.